The van der Waals surface area contributed by atoms with Gasteiger partial charge in [-0.15, -0.1) is 23.7 Å². The zero-order chi connectivity index (χ0) is 8.55. The molecule has 1 N–H and O–H groups in total. The second kappa shape index (κ2) is 4.40. The van der Waals surface area contributed by atoms with E-state index >= 15 is 0 Å². The van der Waals surface area contributed by atoms with Crippen molar-refractivity contribution >= 4 is 23.7 Å². The van der Waals surface area contributed by atoms with Gasteiger partial charge in [0.05, 0.1) is 0 Å². The first-order chi connectivity index (χ1) is 5.79. The van der Waals surface area contributed by atoms with E-state index in [1.165, 1.54) is 21.8 Å². The molecule has 1 aromatic heterocycles. The van der Waals surface area contributed by atoms with Crippen molar-refractivity contribution in [1.82, 2.24) is 5.32 Å². The van der Waals surface area contributed by atoms with Gasteiger partial charge >= 0.3 is 0 Å². The van der Waals surface area contributed by atoms with Crippen LogP contribution < -0.4 is 5.32 Å². The fourth-order valence-electron chi connectivity index (χ4n) is 1.73. The summed E-state index contributed by atoms with van der Waals surface area (Å²) in [6, 6.07) is 2.23. The van der Waals surface area contributed by atoms with E-state index in [1.807, 2.05) is 7.05 Å². The first-order valence-corrected chi connectivity index (χ1v) is 5.05. The number of halogens is 2. The van der Waals surface area contributed by atoms with E-state index in [1.54, 1.807) is 6.07 Å². The molecule has 13 heavy (non-hydrogen) atoms. The third-order valence-electron chi connectivity index (χ3n) is 2.46. The number of fused-ring (bicyclic) bond motifs is 1. The van der Waals surface area contributed by atoms with Gasteiger partial charge in [-0.1, -0.05) is 0 Å². The van der Waals surface area contributed by atoms with Gasteiger partial charge in [0.25, 0.3) is 0 Å². The Bertz CT molecular complexity index is 287. The molecule has 1 atom stereocenters. The van der Waals surface area contributed by atoms with Crippen LogP contribution in [-0.4, -0.2) is 13.1 Å². The van der Waals surface area contributed by atoms with Crippen molar-refractivity contribution in [1.29, 1.82) is 0 Å². The van der Waals surface area contributed by atoms with Gasteiger partial charge < -0.3 is 5.32 Å². The topological polar surface area (TPSA) is 12.0 Å². The van der Waals surface area contributed by atoms with Crippen LogP contribution in [0.5, 0.6) is 0 Å². The Kier molecular flexibility index (Phi) is 3.71. The van der Waals surface area contributed by atoms with Gasteiger partial charge in [-0.05, 0) is 37.9 Å². The van der Waals surface area contributed by atoms with Gasteiger partial charge in [0.1, 0.15) is 0 Å². The molecule has 0 spiro atoms. The fourth-order valence-corrected chi connectivity index (χ4v) is 2.66. The minimum Gasteiger partial charge on any atom is -0.317 e. The number of hydrogen-bond acceptors (Lipinski definition) is 2. The standard InChI is InChI=1S/C9H12FNS.ClH/c1-11-7-2-3-8-6(4-7)5-9(10)12-8;/h5,7,11H,2-4H2,1H3;1H. The SMILES string of the molecule is CNC1CCc2sc(F)cc2C1.Cl. The van der Waals surface area contributed by atoms with Crippen molar-refractivity contribution < 1.29 is 4.39 Å². The van der Waals surface area contributed by atoms with Gasteiger partial charge in [0, 0.05) is 10.9 Å². The quantitative estimate of drug-likeness (QED) is 0.768. The molecule has 1 unspecified atom stereocenters. The van der Waals surface area contributed by atoms with E-state index in [-0.39, 0.29) is 17.5 Å². The second-order valence-corrected chi connectivity index (χ2v) is 4.31. The Morgan fingerprint density at radius 2 is 2.38 bits per heavy atom. The Labute approximate surface area is 87.8 Å². The van der Waals surface area contributed by atoms with Crippen molar-refractivity contribution in [2.24, 2.45) is 0 Å². The summed E-state index contributed by atoms with van der Waals surface area (Å²) in [4.78, 5) is 1.25. The summed E-state index contributed by atoms with van der Waals surface area (Å²) in [5.41, 5.74) is 1.21. The first-order valence-electron chi connectivity index (χ1n) is 4.24. The van der Waals surface area contributed by atoms with Crippen molar-refractivity contribution in [2.75, 3.05) is 7.05 Å². The zero-order valence-electron chi connectivity index (χ0n) is 7.47. The molecule has 0 bridgehead atoms. The summed E-state index contributed by atoms with van der Waals surface area (Å²) < 4.78 is 12.8. The highest BCUT2D eigenvalue weighted by Gasteiger charge is 2.19. The minimum absolute atomic E-state index is 0. The molecule has 0 fully saturated rings. The third-order valence-corrected chi connectivity index (χ3v) is 3.49. The molecule has 1 aliphatic rings. The maximum Gasteiger partial charge on any atom is 0.176 e. The van der Waals surface area contributed by atoms with Crippen molar-refractivity contribution in [2.45, 2.75) is 25.3 Å². The second-order valence-electron chi connectivity index (χ2n) is 3.23. The van der Waals surface area contributed by atoms with Gasteiger partial charge in [0.15, 0.2) is 5.13 Å². The van der Waals surface area contributed by atoms with Gasteiger partial charge in [-0.25, -0.2) is 0 Å². The van der Waals surface area contributed by atoms with Crippen LogP contribution in [0.15, 0.2) is 6.07 Å². The molecule has 1 aromatic rings. The Morgan fingerprint density at radius 1 is 1.62 bits per heavy atom. The molecule has 2 rings (SSSR count). The van der Waals surface area contributed by atoms with E-state index in [0.717, 1.165) is 19.3 Å². The maximum absolute atomic E-state index is 12.8. The fraction of sp³-hybridized carbons (Fsp3) is 0.556. The Morgan fingerprint density at radius 3 is 3.08 bits per heavy atom. The third kappa shape index (κ3) is 2.22. The van der Waals surface area contributed by atoms with Gasteiger partial charge in [-0.2, -0.15) is 4.39 Å². The summed E-state index contributed by atoms with van der Waals surface area (Å²) in [7, 11) is 1.97. The van der Waals surface area contributed by atoms with E-state index in [2.05, 4.69) is 5.32 Å². The van der Waals surface area contributed by atoms with E-state index in [0.29, 0.717) is 6.04 Å². The average molecular weight is 222 g/mol. The highest BCUT2D eigenvalue weighted by atomic mass is 35.5. The van der Waals surface area contributed by atoms with Crippen molar-refractivity contribution in [3.05, 3.63) is 21.6 Å². The summed E-state index contributed by atoms with van der Waals surface area (Å²) in [5, 5.41) is 3.21. The van der Waals surface area contributed by atoms with Crippen LogP contribution in [-0.2, 0) is 12.8 Å². The van der Waals surface area contributed by atoms with Crippen LogP contribution in [0.25, 0.3) is 0 Å². The van der Waals surface area contributed by atoms with Crippen LogP contribution in [0.2, 0.25) is 0 Å². The lowest BCUT2D eigenvalue weighted by Gasteiger charge is -2.20. The molecule has 1 aliphatic carbocycles. The lowest BCUT2D eigenvalue weighted by atomic mass is 9.95. The zero-order valence-corrected chi connectivity index (χ0v) is 9.10. The van der Waals surface area contributed by atoms with Crippen molar-refractivity contribution in [3.63, 3.8) is 0 Å². The largest absolute Gasteiger partial charge is 0.317 e. The number of aryl methyl sites for hydroxylation is 1. The first kappa shape index (κ1) is 11.0. The normalized spacial score (nSPS) is 20.6. The lowest BCUT2D eigenvalue weighted by Crippen LogP contribution is -2.30. The predicted molar refractivity (Wildman–Crippen MR) is 56.4 cm³/mol. The highest BCUT2D eigenvalue weighted by Crippen LogP contribution is 2.28. The molecular formula is C9H13ClFNS. The summed E-state index contributed by atoms with van der Waals surface area (Å²) in [5.74, 6) is 0. The highest BCUT2D eigenvalue weighted by molar-refractivity contribution is 7.10. The van der Waals surface area contributed by atoms with Crippen LogP contribution in [0.1, 0.15) is 16.9 Å². The number of nitrogens with one attached hydrogen (secondary N) is 1. The number of likely N-dealkylation sites (N-methyl/N-ethyl adjacent to an activating group) is 1. The Balaban J connectivity index is 0.000000845. The summed E-state index contributed by atoms with van der Waals surface area (Å²) in [6.07, 6.45) is 3.17. The summed E-state index contributed by atoms with van der Waals surface area (Å²) >= 11 is 1.31. The molecular weight excluding hydrogens is 209 g/mol. The maximum atomic E-state index is 12.8. The molecule has 0 aromatic carbocycles. The molecule has 0 amide bonds. The lowest BCUT2D eigenvalue weighted by molar-refractivity contribution is 0.500. The van der Waals surface area contributed by atoms with E-state index < -0.39 is 0 Å². The molecule has 0 saturated heterocycles. The minimum atomic E-state index is -0.0308. The van der Waals surface area contributed by atoms with Crippen LogP contribution in [0, 0.1) is 5.13 Å². The number of rotatable bonds is 1. The average Bonchev–Trinajstić information content (AvgIpc) is 2.43. The van der Waals surface area contributed by atoms with Crippen LogP contribution >= 0.6 is 23.7 Å². The van der Waals surface area contributed by atoms with E-state index in [9.17, 15) is 4.39 Å². The van der Waals surface area contributed by atoms with Crippen LogP contribution in [0.4, 0.5) is 4.39 Å². The number of hydrogen-bond donors (Lipinski definition) is 1. The molecule has 0 radical (unpaired) electrons. The molecule has 0 saturated carbocycles. The molecule has 74 valence electrons. The monoisotopic (exact) mass is 221 g/mol. The molecule has 1 nitrogen and oxygen atoms in total. The molecule has 0 aliphatic heterocycles. The number of thiophene rings is 1. The smallest absolute Gasteiger partial charge is 0.176 e. The summed E-state index contributed by atoms with van der Waals surface area (Å²) in [6.45, 7) is 0. The van der Waals surface area contributed by atoms with Crippen LogP contribution in [0.3, 0.4) is 0 Å². The molecule has 4 heteroatoms. The molecule has 1 heterocycles. The van der Waals surface area contributed by atoms with Gasteiger partial charge in [0.2, 0.25) is 0 Å². The predicted octanol–water partition coefficient (Wildman–Crippen LogP) is 2.39. The van der Waals surface area contributed by atoms with Gasteiger partial charge in [-0.3, -0.25) is 0 Å². The van der Waals surface area contributed by atoms with Crippen molar-refractivity contribution in [3.8, 4) is 0 Å². The van der Waals surface area contributed by atoms with E-state index in [4.69, 9.17) is 0 Å². The Hall–Kier alpha value is -0.120.